The maximum Gasteiger partial charge on any atom is 0.416 e. The number of carbonyl (C=O) groups excluding carboxylic acids is 1. The van der Waals surface area contributed by atoms with Crippen molar-refractivity contribution in [2.75, 3.05) is 51.3 Å². The number of H-pyrrole nitrogens is 1. The zero-order valence-electron chi connectivity index (χ0n) is 26.0. The lowest BCUT2D eigenvalue weighted by Gasteiger charge is -2.35. The highest BCUT2D eigenvalue weighted by Crippen LogP contribution is 2.39. The second-order valence-electron chi connectivity index (χ2n) is 12.6. The number of piperazine rings is 1. The van der Waals surface area contributed by atoms with Gasteiger partial charge in [0.25, 0.3) is 0 Å². The maximum atomic E-state index is 14.1. The molecule has 4 N–H and O–H groups in total. The number of pyridine rings is 1. The van der Waals surface area contributed by atoms with Gasteiger partial charge < -0.3 is 35.1 Å². The summed E-state index contributed by atoms with van der Waals surface area (Å²) in [6.45, 7) is 6.20. The number of aromatic nitrogens is 2. The van der Waals surface area contributed by atoms with E-state index in [0.29, 0.717) is 47.9 Å². The number of hydrogen-bond donors (Lipinski definition) is 4. The number of benzene rings is 2. The number of aromatic amines is 1. The minimum atomic E-state index is -4.55. The molecular formula is C34H37F3N6O4. The topological polar surface area (TPSA) is 115 Å². The Morgan fingerprint density at radius 3 is 2.68 bits per heavy atom. The van der Waals surface area contributed by atoms with Crippen LogP contribution in [-0.4, -0.2) is 76.8 Å². The summed E-state index contributed by atoms with van der Waals surface area (Å²) in [5.41, 5.74) is 1.68. The van der Waals surface area contributed by atoms with Gasteiger partial charge in [-0.15, -0.1) is 0 Å². The van der Waals surface area contributed by atoms with Crippen LogP contribution in [0.3, 0.4) is 0 Å². The zero-order valence-corrected chi connectivity index (χ0v) is 26.0. The number of halogens is 3. The lowest BCUT2D eigenvalue weighted by atomic mass is 9.88. The van der Waals surface area contributed by atoms with E-state index in [1.807, 2.05) is 36.1 Å². The fourth-order valence-corrected chi connectivity index (χ4v) is 6.61. The van der Waals surface area contributed by atoms with Crippen molar-refractivity contribution in [1.82, 2.24) is 25.1 Å². The van der Waals surface area contributed by atoms with E-state index in [-0.39, 0.29) is 43.5 Å². The summed E-state index contributed by atoms with van der Waals surface area (Å²) in [4.78, 5) is 24.6. The van der Waals surface area contributed by atoms with Crippen LogP contribution in [0.5, 0.6) is 11.5 Å². The molecule has 5 heterocycles. The Balaban J connectivity index is 1.09. The lowest BCUT2D eigenvalue weighted by molar-refractivity contribution is -0.186. The van der Waals surface area contributed by atoms with Gasteiger partial charge >= 0.3 is 12.2 Å². The van der Waals surface area contributed by atoms with Gasteiger partial charge in [-0.1, -0.05) is 19.1 Å². The third-order valence-electron chi connectivity index (χ3n) is 9.31. The van der Waals surface area contributed by atoms with Crippen molar-refractivity contribution in [3.8, 4) is 11.5 Å². The number of aliphatic hydroxyl groups is 1. The molecule has 248 valence electrons. The number of rotatable bonds is 7. The number of anilines is 1. The Labute approximate surface area is 269 Å². The Kier molecular flexibility index (Phi) is 8.33. The van der Waals surface area contributed by atoms with E-state index in [1.165, 1.54) is 6.07 Å². The Bertz CT molecular complexity index is 1780. The van der Waals surface area contributed by atoms with Gasteiger partial charge in [0.05, 0.1) is 29.9 Å². The molecule has 0 bridgehead atoms. The summed E-state index contributed by atoms with van der Waals surface area (Å²) in [6, 6.07) is 13.0. The summed E-state index contributed by atoms with van der Waals surface area (Å²) in [6.07, 6.45) is -2.15. The van der Waals surface area contributed by atoms with Crippen LogP contribution in [0.25, 0.3) is 11.0 Å². The first-order chi connectivity index (χ1) is 22.6. The van der Waals surface area contributed by atoms with Crippen molar-refractivity contribution < 1.29 is 32.5 Å². The first kappa shape index (κ1) is 31.4. The van der Waals surface area contributed by atoms with Gasteiger partial charge in [0.2, 0.25) is 0 Å². The monoisotopic (exact) mass is 650 g/mol. The van der Waals surface area contributed by atoms with Gasteiger partial charge in [-0.2, -0.15) is 13.2 Å². The Morgan fingerprint density at radius 2 is 1.96 bits per heavy atom. The molecule has 0 spiro atoms. The lowest BCUT2D eigenvalue weighted by Crippen LogP contribution is -2.46. The summed E-state index contributed by atoms with van der Waals surface area (Å²) in [7, 11) is 0. The molecule has 0 aliphatic carbocycles. The number of hydrogen-bond acceptors (Lipinski definition) is 7. The highest BCUT2D eigenvalue weighted by molar-refractivity contribution is 5.90. The summed E-state index contributed by atoms with van der Waals surface area (Å²) in [5, 5.41) is 17.4. The smallest absolute Gasteiger partial charge is 0.416 e. The fraction of sp³-hybridized carbons (Fsp3) is 0.412. The molecule has 2 amide bonds. The number of ether oxygens (including phenoxy) is 2. The van der Waals surface area contributed by atoms with Crippen molar-refractivity contribution in [2.24, 2.45) is 0 Å². The van der Waals surface area contributed by atoms with Crippen LogP contribution in [0.2, 0.25) is 0 Å². The van der Waals surface area contributed by atoms with Crippen LogP contribution in [0, 0.1) is 0 Å². The normalized spacial score (nSPS) is 19.7. The van der Waals surface area contributed by atoms with E-state index < -0.39 is 23.4 Å². The van der Waals surface area contributed by atoms with E-state index in [9.17, 15) is 23.1 Å². The molecule has 3 aliphatic rings. The van der Waals surface area contributed by atoms with E-state index >= 15 is 0 Å². The Morgan fingerprint density at radius 1 is 1.15 bits per heavy atom. The van der Waals surface area contributed by atoms with Crippen molar-refractivity contribution in [3.63, 3.8) is 0 Å². The van der Waals surface area contributed by atoms with Gasteiger partial charge in [-0.05, 0) is 59.5 Å². The summed E-state index contributed by atoms with van der Waals surface area (Å²) < 4.78 is 53.8. The molecule has 10 nitrogen and oxygen atoms in total. The molecule has 2 aromatic carbocycles. The third kappa shape index (κ3) is 6.40. The third-order valence-corrected chi connectivity index (χ3v) is 9.31. The van der Waals surface area contributed by atoms with E-state index in [0.717, 1.165) is 36.7 Å². The van der Waals surface area contributed by atoms with Crippen LogP contribution in [-0.2, 0) is 29.6 Å². The number of fused-ring (bicyclic) bond motifs is 2. The molecule has 47 heavy (non-hydrogen) atoms. The largest absolute Gasteiger partial charge is 0.457 e. The van der Waals surface area contributed by atoms with Crippen molar-refractivity contribution >= 4 is 22.8 Å². The molecule has 0 unspecified atom stereocenters. The van der Waals surface area contributed by atoms with E-state index in [2.05, 4.69) is 20.6 Å². The SMILES string of the molecule is CC[C@@H]1CN(C(=O)Nc2ccc(CN3CCNCC3)c(C(F)(F)F)c2)Cc2cc(Oc3ccnc4[nH]c(C5(O)COC5)cc34)ccc21. The number of nitrogens with zero attached hydrogens (tertiary/aromatic N) is 3. The number of alkyl halides is 3. The molecule has 1 atom stereocenters. The second kappa shape index (κ2) is 12.5. The second-order valence-corrected chi connectivity index (χ2v) is 12.6. The molecule has 2 fully saturated rings. The highest BCUT2D eigenvalue weighted by Gasteiger charge is 2.40. The molecule has 13 heteroatoms. The van der Waals surface area contributed by atoms with Crippen molar-refractivity contribution in [2.45, 2.75) is 44.1 Å². The number of amides is 2. The van der Waals surface area contributed by atoms with Gasteiger partial charge in [0.15, 0.2) is 5.60 Å². The molecule has 2 aromatic heterocycles. The molecule has 0 saturated carbocycles. The first-order valence-corrected chi connectivity index (χ1v) is 15.9. The van der Waals surface area contributed by atoms with Gasteiger partial charge in [-0.25, -0.2) is 9.78 Å². The van der Waals surface area contributed by atoms with Crippen molar-refractivity contribution in [3.05, 3.63) is 82.7 Å². The van der Waals surface area contributed by atoms with Crippen LogP contribution >= 0.6 is 0 Å². The quantitative estimate of drug-likeness (QED) is 0.208. The summed E-state index contributed by atoms with van der Waals surface area (Å²) >= 11 is 0. The minimum absolute atomic E-state index is 0.0519. The van der Waals surface area contributed by atoms with Crippen LogP contribution in [0.4, 0.5) is 23.7 Å². The molecular weight excluding hydrogens is 613 g/mol. The number of urea groups is 1. The standard InChI is InChI=1S/C34H37F3N6O4/c1-2-21-17-43(32(44)40-24-4-3-22(28(14-24)34(35,36)37)16-42-11-9-38-10-12-42)18-23-13-25(5-6-26(21)23)47-29-7-8-39-31-27(29)15-30(41-31)33(45)19-46-20-33/h3-8,13-15,21,38,45H,2,9-12,16-20H2,1H3,(H,39,41)(H,40,44)/t21-/m1/s1. The van der Waals surface area contributed by atoms with Crippen molar-refractivity contribution in [1.29, 1.82) is 0 Å². The molecule has 2 saturated heterocycles. The predicted octanol–water partition coefficient (Wildman–Crippen LogP) is 5.54. The van der Waals surface area contributed by atoms with Gasteiger partial charge in [0.1, 0.15) is 17.1 Å². The molecule has 7 rings (SSSR count). The maximum absolute atomic E-state index is 14.1. The summed E-state index contributed by atoms with van der Waals surface area (Å²) in [5.74, 6) is 1.17. The van der Waals surface area contributed by atoms with Gasteiger partial charge in [-0.3, -0.25) is 4.90 Å². The fourth-order valence-electron chi connectivity index (χ4n) is 6.61. The molecule has 0 radical (unpaired) electrons. The first-order valence-electron chi connectivity index (χ1n) is 15.9. The minimum Gasteiger partial charge on any atom is -0.457 e. The van der Waals surface area contributed by atoms with E-state index in [1.54, 1.807) is 23.2 Å². The van der Waals surface area contributed by atoms with Crippen LogP contribution < -0.4 is 15.4 Å². The molecule has 3 aliphatic heterocycles. The molecule has 4 aromatic rings. The average molecular weight is 651 g/mol. The Hall–Kier alpha value is -4.17. The van der Waals surface area contributed by atoms with Gasteiger partial charge in [0, 0.05) is 63.6 Å². The number of nitrogens with one attached hydrogen (secondary N) is 3. The highest BCUT2D eigenvalue weighted by atomic mass is 19.4. The average Bonchev–Trinajstić information content (AvgIpc) is 3.49. The van der Waals surface area contributed by atoms with Crippen LogP contribution in [0.1, 0.15) is 47.2 Å². The number of carbonyl (C=O) groups is 1. The van der Waals surface area contributed by atoms with E-state index in [4.69, 9.17) is 9.47 Å². The predicted molar refractivity (Wildman–Crippen MR) is 169 cm³/mol. The zero-order chi connectivity index (χ0) is 32.8. The van der Waals surface area contributed by atoms with Crippen LogP contribution in [0.15, 0.2) is 54.7 Å².